The number of hydrogen-bond donors (Lipinski definition) is 1. The van der Waals surface area contributed by atoms with Crippen molar-refractivity contribution in [1.82, 2.24) is 15.2 Å². The summed E-state index contributed by atoms with van der Waals surface area (Å²) in [5.74, 6) is 0.397. The number of benzene rings is 3. The van der Waals surface area contributed by atoms with Crippen LogP contribution in [0.15, 0.2) is 103 Å². The summed E-state index contributed by atoms with van der Waals surface area (Å²) in [6.45, 7) is 0.314. The Morgan fingerprint density at radius 1 is 0.944 bits per heavy atom. The van der Waals surface area contributed by atoms with E-state index in [0.29, 0.717) is 36.0 Å². The fourth-order valence-corrected chi connectivity index (χ4v) is 4.62. The summed E-state index contributed by atoms with van der Waals surface area (Å²) in [4.78, 5) is 33.1. The highest BCUT2D eigenvalue weighted by Gasteiger charge is 2.30. The average Bonchev–Trinajstić information content (AvgIpc) is 2.95. The van der Waals surface area contributed by atoms with Crippen molar-refractivity contribution in [1.29, 1.82) is 0 Å². The number of amides is 2. The number of nitrogens with zero attached hydrogens (tertiary/aromatic N) is 2. The standard InChI is InChI=1S/C30H27N3O3/c1-36-24-17-16-23(19-32-29(34)27-15-7-11-22-12-8-18-31-28(22)27)33(20-24)30(35)26-14-6-5-13-25(26)21-9-3-2-4-10-21/h2-15,18,20,23H,16-17,19H2,1H3,(H,32,34). The minimum absolute atomic E-state index is 0.130. The van der Waals surface area contributed by atoms with E-state index in [1.54, 1.807) is 30.5 Å². The van der Waals surface area contributed by atoms with E-state index in [9.17, 15) is 9.59 Å². The molecule has 2 heterocycles. The Morgan fingerprint density at radius 3 is 2.53 bits per heavy atom. The monoisotopic (exact) mass is 477 g/mol. The van der Waals surface area contributed by atoms with Crippen LogP contribution in [0.25, 0.3) is 22.0 Å². The van der Waals surface area contributed by atoms with Crippen molar-refractivity contribution in [3.63, 3.8) is 0 Å². The number of nitrogens with one attached hydrogen (secondary N) is 1. The third-order valence-electron chi connectivity index (χ3n) is 6.51. The van der Waals surface area contributed by atoms with E-state index in [4.69, 9.17) is 4.74 Å². The Bertz CT molecular complexity index is 1430. The second-order valence-corrected chi connectivity index (χ2v) is 8.71. The number of ether oxygens (including phenoxy) is 1. The number of fused-ring (bicyclic) bond motifs is 1. The van der Waals surface area contributed by atoms with Gasteiger partial charge in [-0.3, -0.25) is 14.6 Å². The van der Waals surface area contributed by atoms with Gasteiger partial charge in [0.05, 0.1) is 24.2 Å². The topological polar surface area (TPSA) is 71.5 Å². The molecule has 6 nitrogen and oxygen atoms in total. The molecule has 36 heavy (non-hydrogen) atoms. The summed E-state index contributed by atoms with van der Waals surface area (Å²) in [5.41, 5.74) is 3.62. The number of hydrogen-bond acceptors (Lipinski definition) is 4. The van der Waals surface area contributed by atoms with Crippen LogP contribution in [0.5, 0.6) is 0 Å². The molecule has 1 unspecified atom stereocenters. The van der Waals surface area contributed by atoms with Crippen molar-refractivity contribution in [2.45, 2.75) is 18.9 Å². The number of pyridine rings is 1. The fraction of sp³-hybridized carbons (Fsp3) is 0.167. The molecule has 1 aliphatic rings. The SMILES string of the molecule is COC1=CN(C(=O)c2ccccc2-c2ccccc2)C(CNC(=O)c2cccc3cccnc23)CC1. The number of carbonyl (C=O) groups is 2. The van der Waals surface area contributed by atoms with Gasteiger partial charge >= 0.3 is 0 Å². The first-order valence-corrected chi connectivity index (χ1v) is 12.0. The van der Waals surface area contributed by atoms with Gasteiger partial charge in [0, 0.05) is 36.3 Å². The molecule has 0 aliphatic carbocycles. The van der Waals surface area contributed by atoms with Crippen LogP contribution in [0, 0.1) is 0 Å². The molecule has 6 heteroatoms. The number of methoxy groups -OCH3 is 1. The predicted molar refractivity (Wildman–Crippen MR) is 140 cm³/mol. The van der Waals surface area contributed by atoms with E-state index in [1.807, 2.05) is 78.9 Å². The maximum absolute atomic E-state index is 13.9. The highest BCUT2D eigenvalue weighted by atomic mass is 16.5. The lowest BCUT2D eigenvalue weighted by atomic mass is 9.97. The lowest BCUT2D eigenvalue weighted by Crippen LogP contribution is -2.46. The second kappa shape index (κ2) is 10.4. The van der Waals surface area contributed by atoms with Crippen LogP contribution in [0.2, 0.25) is 0 Å². The van der Waals surface area contributed by atoms with E-state index in [0.717, 1.165) is 22.3 Å². The third-order valence-corrected chi connectivity index (χ3v) is 6.51. The van der Waals surface area contributed by atoms with E-state index in [2.05, 4.69) is 10.3 Å². The first-order chi connectivity index (χ1) is 17.7. The molecule has 0 saturated carbocycles. The van der Waals surface area contributed by atoms with Crippen LogP contribution in [0.4, 0.5) is 0 Å². The minimum atomic E-state index is -0.216. The molecule has 2 amide bonds. The molecule has 180 valence electrons. The van der Waals surface area contributed by atoms with Gasteiger partial charge in [-0.05, 0) is 35.7 Å². The predicted octanol–water partition coefficient (Wildman–Crippen LogP) is 5.42. The van der Waals surface area contributed by atoms with Gasteiger partial charge in [0.25, 0.3) is 11.8 Å². The van der Waals surface area contributed by atoms with E-state index in [-0.39, 0.29) is 17.9 Å². The Morgan fingerprint density at radius 2 is 1.69 bits per heavy atom. The van der Waals surface area contributed by atoms with Crippen LogP contribution in [0.1, 0.15) is 33.6 Å². The molecule has 0 bridgehead atoms. The van der Waals surface area contributed by atoms with Crippen molar-refractivity contribution >= 4 is 22.7 Å². The zero-order chi connectivity index (χ0) is 24.9. The first kappa shape index (κ1) is 23.3. The Kier molecular flexibility index (Phi) is 6.76. The Hall–Kier alpha value is -4.45. The zero-order valence-electron chi connectivity index (χ0n) is 20.1. The lowest BCUT2D eigenvalue weighted by Gasteiger charge is -2.34. The molecule has 1 N–H and O–H groups in total. The molecule has 5 rings (SSSR count). The van der Waals surface area contributed by atoms with Crippen molar-refractivity contribution < 1.29 is 14.3 Å². The molecular formula is C30H27N3O3. The quantitative estimate of drug-likeness (QED) is 0.402. The average molecular weight is 478 g/mol. The Labute approximate surface area is 210 Å². The molecule has 1 aliphatic heterocycles. The maximum atomic E-state index is 13.9. The van der Waals surface area contributed by atoms with Gasteiger partial charge in [0.2, 0.25) is 0 Å². The largest absolute Gasteiger partial charge is 0.500 e. The van der Waals surface area contributed by atoms with Crippen LogP contribution in [-0.4, -0.2) is 41.4 Å². The first-order valence-electron chi connectivity index (χ1n) is 12.0. The number of rotatable bonds is 6. The number of aromatic nitrogens is 1. The molecule has 0 fully saturated rings. The number of allylic oxidation sites excluding steroid dienone is 1. The normalized spacial score (nSPS) is 15.3. The van der Waals surface area contributed by atoms with Gasteiger partial charge in [-0.2, -0.15) is 0 Å². The van der Waals surface area contributed by atoms with Gasteiger partial charge in [-0.25, -0.2) is 0 Å². The maximum Gasteiger partial charge on any atom is 0.258 e. The van der Waals surface area contributed by atoms with Crippen LogP contribution in [-0.2, 0) is 4.74 Å². The molecule has 4 aromatic rings. The molecule has 3 aromatic carbocycles. The van der Waals surface area contributed by atoms with Gasteiger partial charge < -0.3 is 15.0 Å². The van der Waals surface area contributed by atoms with Crippen LogP contribution < -0.4 is 5.32 Å². The minimum Gasteiger partial charge on any atom is -0.500 e. The molecular weight excluding hydrogens is 450 g/mol. The number of para-hydroxylation sites is 1. The summed E-state index contributed by atoms with van der Waals surface area (Å²) < 4.78 is 5.49. The van der Waals surface area contributed by atoms with Crippen molar-refractivity contribution in [2.75, 3.05) is 13.7 Å². The molecule has 1 aromatic heterocycles. The lowest BCUT2D eigenvalue weighted by molar-refractivity contribution is 0.0711. The summed E-state index contributed by atoms with van der Waals surface area (Å²) in [5, 5.41) is 3.94. The van der Waals surface area contributed by atoms with Gasteiger partial charge in [-0.15, -0.1) is 0 Å². The summed E-state index contributed by atoms with van der Waals surface area (Å²) in [6.07, 6.45) is 4.82. The van der Waals surface area contributed by atoms with E-state index in [1.165, 1.54) is 0 Å². The molecule has 1 atom stereocenters. The van der Waals surface area contributed by atoms with Crippen LogP contribution >= 0.6 is 0 Å². The third kappa shape index (κ3) is 4.70. The highest BCUT2D eigenvalue weighted by Crippen LogP contribution is 2.28. The smallest absolute Gasteiger partial charge is 0.258 e. The van der Waals surface area contributed by atoms with Crippen molar-refractivity contribution in [3.05, 3.63) is 114 Å². The van der Waals surface area contributed by atoms with Gasteiger partial charge in [0.15, 0.2) is 0 Å². The van der Waals surface area contributed by atoms with E-state index >= 15 is 0 Å². The molecule has 0 spiro atoms. The van der Waals surface area contributed by atoms with Crippen LogP contribution in [0.3, 0.4) is 0 Å². The Balaban J connectivity index is 1.41. The summed E-state index contributed by atoms with van der Waals surface area (Å²) >= 11 is 0. The van der Waals surface area contributed by atoms with Crippen molar-refractivity contribution in [2.24, 2.45) is 0 Å². The summed E-state index contributed by atoms with van der Waals surface area (Å²) in [6, 6.07) is 26.6. The van der Waals surface area contributed by atoms with Gasteiger partial charge in [-0.1, -0.05) is 66.7 Å². The van der Waals surface area contributed by atoms with Crippen molar-refractivity contribution in [3.8, 4) is 11.1 Å². The zero-order valence-corrected chi connectivity index (χ0v) is 20.1. The number of carbonyl (C=O) groups excluding carboxylic acids is 2. The van der Waals surface area contributed by atoms with Gasteiger partial charge in [0.1, 0.15) is 5.76 Å². The molecule has 0 radical (unpaired) electrons. The summed E-state index contributed by atoms with van der Waals surface area (Å²) in [7, 11) is 1.61. The fourth-order valence-electron chi connectivity index (χ4n) is 4.62. The highest BCUT2D eigenvalue weighted by molar-refractivity contribution is 6.05. The second-order valence-electron chi connectivity index (χ2n) is 8.71. The van der Waals surface area contributed by atoms with E-state index < -0.39 is 0 Å². The molecule has 0 saturated heterocycles.